The second-order valence-electron chi connectivity index (χ2n) is 3.75. The molecule has 2 aliphatic rings. The zero-order chi connectivity index (χ0) is 7.90. The topological polar surface area (TPSA) is 38.5 Å². The van der Waals surface area contributed by atoms with Crippen molar-refractivity contribution in [1.29, 1.82) is 0 Å². The number of rotatable bonds is 0. The van der Waals surface area contributed by atoms with E-state index in [1.54, 1.807) is 0 Å². The summed E-state index contributed by atoms with van der Waals surface area (Å²) >= 11 is 0. The van der Waals surface area contributed by atoms with Crippen molar-refractivity contribution in [2.75, 3.05) is 26.8 Å². The van der Waals surface area contributed by atoms with Gasteiger partial charge in [-0.25, -0.2) is 0 Å². The van der Waals surface area contributed by atoms with E-state index in [4.69, 9.17) is 10.5 Å². The van der Waals surface area contributed by atoms with E-state index in [9.17, 15) is 0 Å². The average Bonchev–Trinajstić information content (AvgIpc) is 2.48. The molecule has 2 fully saturated rings. The number of likely N-dealkylation sites (tertiary alicyclic amines) is 1. The van der Waals surface area contributed by atoms with E-state index >= 15 is 0 Å². The van der Waals surface area contributed by atoms with Crippen LogP contribution < -0.4 is 5.73 Å². The van der Waals surface area contributed by atoms with Crippen molar-refractivity contribution in [3.63, 3.8) is 0 Å². The van der Waals surface area contributed by atoms with Gasteiger partial charge in [-0.3, -0.25) is 4.90 Å². The number of nitrogens with two attached hydrogens (primary N) is 1. The van der Waals surface area contributed by atoms with Gasteiger partial charge in [0.2, 0.25) is 0 Å². The van der Waals surface area contributed by atoms with Crippen LogP contribution in [0.25, 0.3) is 0 Å². The molecular formula is C8H16N2O. The molecule has 3 nitrogen and oxygen atoms in total. The molecule has 0 bridgehead atoms. The Labute approximate surface area is 67.5 Å². The van der Waals surface area contributed by atoms with Gasteiger partial charge in [0.1, 0.15) is 0 Å². The molecule has 2 unspecified atom stereocenters. The van der Waals surface area contributed by atoms with Crippen LogP contribution in [-0.4, -0.2) is 43.3 Å². The Bertz CT molecular complexity index is 142. The van der Waals surface area contributed by atoms with Gasteiger partial charge in [0, 0.05) is 6.04 Å². The molecule has 64 valence electrons. The first-order valence-corrected chi connectivity index (χ1v) is 4.30. The molecule has 0 aromatic rings. The summed E-state index contributed by atoms with van der Waals surface area (Å²) in [5.74, 6) is 0. The number of ether oxygens (including phenoxy) is 1. The lowest BCUT2D eigenvalue weighted by atomic mass is 9.91. The van der Waals surface area contributed by atoms with Gasteiger partial charge >= 0.3 is 0 Å². The quantitative estimate of drug-likeness (QED) is 0.528. The van der Waals surface area contributed by atoms with E-state index in [1.165, 1.54) is 19.4 Å². The highest BCUT2D eigenvalue weighted by molar-refractivity contribution is 5.05. The summed E-state index contributed by atoms with van der Waals surface area (Å²) in [7, 11) is 2.15. The molecule has 2 N–H and O–H groups in total. The van der Waals surface area contributed by atoms with Crippen LogP contribution in [0.2, 0.25) is 0 Å². The lowest BCUT2D eigenvalue weighted by Crippen LogP contribution is -2.54. The third-order valence-corrected chi connectivity index (χ3v) is 3.20. The van der Waals surface area contributed by atoms with Gasteiger partial charge in [0.15, 0.2) is 0 Å². The molecule has 2 aliphatic heterocycles. The largest absolute Gasteiger partial charge is 0.378 e. The maximum absolute atomic E-state index is 6.00. The van der Waals surface area contributed by atoms with Crippen LogP contribution in [-0.2, 0) is 4.74 Å². The Morgan fingerprint density at radius 1 is 1.64 bits per heavy atom. The van der Waals surface area contributed by atoms with Gasteiger partial charge in [-0.2, -0.15) is 0 Å². The van der Waals surface area contributed by atoms with Crippen LogP contribution in [0.4, 0.5) is 0 Å². The van der Waals surface area contributed by atoms with E-state index in [2.05, 4.69) is 11.9 Å². The molecule has 0 aromatic carbocycles. The van der Waals surface area contributed by atoms with Gasteiger partial charge < -0.3 is 10.5 Å². The van der Waals surface area contributed by atoms with Crippen LogP contribution in [0.5, 0.6) is 0 Å². The first-order chi connectivity index (χ1) is 5.26. The minimum absolute atomic E-state index is 0.194. The number of hydrogen-bond acceptors (Lipinski definition) is 3. The van der Waals surface area contributed by atoms with E-state index in [0.717, 1.165) is 13.2 Å². The van der Waals surface area contributed by atoms with Crippen molar-refractivity contribution in [2.45, 2.75) is 24.4 Å². The third kappa shape index (κ3) is 0.916. The molecule has 0 amide bonds. The molecule has 1 spiro atoms. The summed E-state index contributed by atoms with van der Waals surface area (Å²) < 4.78 is 5.40. The van der Waals surface area contributed by atoms with Crippen LogP contribution in [0.1, 0.15) is 12.8 Å². The van der Waals surface area contributed by atoms with Crippen molar-refractivity contribution in [3.05, 3.63) is 0 Å². The maximum Gasteiger partial charge on any atom is 0.0667 e. The van der Waals surface area contributed by atoms with Crippen molar-refractivity contribution < 1.29 is 4.74 Å². The summed E-state index contributed by atoms with van der Waals surface area (Å²) in [4.78, 5) is 2.37. The third-order valence-electron chi connectivity index (χ3n) is 3.20. The van der Waals surface area contributed by atoms with Crippen molar-refractivity contribution in [2.24, 2.45) is 5.73 Å². The molecule has 0 radical (unpaired) electrons. The monoisotopic (exact) mass is 156 g/mol. The maximum atomic E-state index is 6.00. The molecule has 3 heteroatoms. The molecule has 0 aliphatic carbocycles. The minimum atomic E-state index is 0.194. The van der Waals surface area contributed by atoms with Crippen LogP contribution in [0.3, 0.4) is 0 Å². The second-order valence-corrected chi connectivity index (χ2v) is 3.75. The number of likely N-dealkylation sites (N-methyl/N-ethyl adjacent to an activating group) is 1. The Morgan fingerprint density at radius 3 is 2.91 bits per heavy atom. The predicted molar refractivity (Wildman–Crippen MR) is 43.4 cm³/mol. The first-order valence-electron chi connectivity index (χ1n) is 4.30. The summed E-state index contributed by atoms with van der Waals surface area (Å²) in [5, 5.41) is 0. The SMILES string of the molecule is CN1CCCC12COCC2N. The molecule has 2 atom stereocenters. The van der Waals surface area contributed by atoms with Crippen LogP contribution in [0, 0.1) is 0 Å². The summed E-state index contributed by atoms with van der Waals surface area (Å²) in [5.41, 5.74) is 6.19. The fraction of sp³-hybridized carbons (Fsp3) is 1.00. The highest BCUT2D eigenvalue weighted by atomic mass is 16.5. The summed E-state index contributed by atoms with van der Waals surface area (Å²) in [6.07, 6.45) is 2.48. The first kappa shape index (κ1) is 7.53. The van der Waals surface area contributed by atoms with E-state index in [-0.39, 0.29) is 11.6 Å². The molecule has 2 rings (SSSR count). The van der Waals surface area contributed by atoms with Gasteiger partial charge in [-0.15, -0.1) is 0 Å². The Balaban J connectivity index is 2.19. The standard InChI is InChI=1S/C8H16N2O/c1-10-4-2-3-8(10)6-11-5-7(8)9/h7H,2-6,9H2,1H3. The highest BCUT2D eigenvalue weighted by Gasteiger charge is 2.47. The lowest BCUT2D eigenvalue weighted by Gasteiger charge is -2.34. The Hall–Kier alpha value is -0.120. The fourth-order valence-electron chi connectivity index (χ4n) is 2.31. The summed E-state index contributed by atoms with van der Waals surface area (Å²) in [6.45, 7) is 2.76. The van der Waals surface area contributed by atoms with E-state index < -0.39 is 0 Å². The van der Waals surface area contributed by atoms with Gasteiger partial charge in [-0.05, 0) is 26.4 Å². The number of hydrogen-bond donors (Lipinski definition) is 1. The van der Waals surface area contributed by atoms with Crippen molar-refractivity contribution in [1.82, 2.24) is 4.90 Å². The van der Waals surface area contributed by atoms with Gasteiger partial charge in [0.25, 0.3) is 0 Å². The highest BCUT2D eigenvalue weighted by Crippen LogP contribution is 2.34. The fourth-order valence-corrected chi connectivity index (χ4v) is 2.31. The van der Waals surface area contributed by atoms with Gasteiger partial charge in [-0.1, -0.05) is 0 Å². The molecule has 0 saturated carbocycles. The van der Waals surface area contributed by atoms with E-state index in [0.29, 0.717) is 0 Å². The van der Waals surface area contributed by atoms with Crippen LogP contribution >= 0.6 is 0 Å². The zero-order valence-electron chi connectivity index (χ0n) is 7.05. The Kier molecular flexibility index (Phi) is 1.67. The van der Waals surface area contributed by atoms with Crippen LogP contribution in [0.15, 0.2) is 0 Å². The minimum Gasteiger partial charge on any atom is -0.378 e. The van der Waals surface area contributed by atoms with Crippen molar-refractivity contribution >= 4 is 0 Å². The van der Waals surface area contributed by atoms with Gasteiger partial charge in [0.05, 0.1) is 18.8 Å². The zero-order valence-corrected chi connectivity index (χ0v) is 7.05. The normalized spacial score (nSPS) is 45.8. The molecular weight excluding hydrogens is 140 g/mol. The smallest absolute Gasteiger partial charge is 0.0667 e. The molecule has 2 saturated heterocycles. The Morgan fingerprint density at radius 2 is 2.45 bits per heavy atom. The van der Waals surface area contributed by atoms with E-state index in [1.807, 2.05) is 0 Å². The second kappa shape index (κ2) is 2.44. The molecule has 11 heavy (non-hydrogen) atoms. The lowest BCUT2D eigenvalue weighted by molar-refractivity contribution is 0.118. The van der Waals surface area contributed by atoms with Crippen molar-refractivity contribution in [3.8, 4) is 0 Å². The number of nitrogens with zero attached hydrogens (tertiary/aromatic N) is 1. The average molecular weight is 156 g/mol. The molecule has 0 aromatic heterocycles. The predicted octanol–water partition coefficient (Wildman–Crippen LogP) is -0.192. The molecule has 2 heterocycles. The summed E-state index contributed by atoms with van der Waals surface area (Å²) in [6, 6.07) is 0.231.